The smallest absolute Gasteiger partial charge is 0.352 e. The number of rotatable bonds is 15. The average Bonchev–Trinajstić information content (AvgIpc) is 3.82. The lowest BCUT2D eigenvalue weighted by Gasteiger charge is -2.13. The fourth-order valence-corrected chi connectivity index (χ4v) is 4.36. The molecule has 0 saturated heterocycles. The maximum absolute atomic E-state index is 12.5. The molecule has 322 valence electrons. The van der Waals surface area contributed by atoms with Gasteiger partial charge in [-0.25, -0.2) is 0 Å². The van der Waals surface area contributed by atoms with Crippen LogP contribution in [-0.2, 0) is 38.2 Å². The van der Waals surface area contributed by atoms with Gasteiger partial charge in [0.05, 0.1) is 0 Å². The van der Waals surface area contributed by atoms with Crippen LogP contribution in [0.3, 0.4) is 0 Å². The van der Waals surface area contributed by atoms with Gasteiger partial charge in [0.2, 0.25) is 0 Å². The number of nitrogens with zero attached hydrogens (tertiary/aromatic N) is 2. The molecule has 2 rings (SSSR count). The summed E-state index contributed by atoms with van der Waals surface area (Å²) in [5.74, 6) is -3.41. The summed E-state index contributed by atoms with van der Waals surface area (Å²) in [7, 11) is 0. The Morgan fingerprint density at radius 1 is 0.368 bits per heavy atom. The second-order valence-electron chi connectivity index (χ2n) is 11.8. The van der Waals surface area contributed by atoms with Crippen LogP contribution in [0.2, 0.25) is 0 Å². The van der Waals surface area contributed by atoms with Gasteiger partial charge in [0.25, 0.3) is 23.6 Å². The fraction of sp³-hybridized carbons (Fsp3) is 0.207. The first-order valence-corrected chi connectivity index (χ1v) is 19.5. The molecule has 10 heteroatoms. The van der Waals surface area contributed by atoms with Crippen molar-refractivity contribution in [2.75, 3.05) is 13.1 Å². The number of hydrogen-bond acceptors (Lipinski definition) is 8. The van der Waals surface area contributed by atoms with Gasteiger partial charge in [0, 0.05) is 148 Å². The predicted molar refractivity (Wildman–Crippen MR) is 241 cm³/mol. The van der Waals surface area contributed by atoms with Crippen molar-refractivity contribution in [3.05, 3.63) is 232 Å². The van der Waals surface area contributed by atoms with Crippen molar-refractivity contribution in [1.29, 1.82) is 0 Å². The largest absolute Gasteiger partial charge is 0.386 e. The third kappa shape index (κ3) is 28.5. The van der Waals surface area contributed by atoms with E-state index in [0.717, 1.165) is 9.80 Å². The lowest BCUT2D eigenvalue weighted by atomic mass is 10.1. The summed E-state index contributed by atoms with van der Waals surface area (Å²) in [6.45, 7) is 3.82. The van der Waals surface area contributed by atoms with E-state index in [1.165, 1.54) is 24.3 Å². The highest BCUT2D eigenvalue weighted by Gasteiger charge is 2.23. The molecule has 0 N–H and O–H groups in total. The summed E-state index contributed by atoms with van der Waals surface area (Å²) in [5.41, 5.74) is 83.9. The van der Waals surface area contributed by atoms with Gasteiger partial charge in [-0.05, 0) is 124 Å². The monoisotopic (exact) mass is 884 g/mol. The van der Waals surface area contributed by atoms with Crippen molar-refractivity contribution in [1.82, 2.24) is 9.80 Å². The second-order valence-corrected chi connectivity index (χ2v) is 11.8. The molecule has 2 aliphatic rings. The fourth-order valence-electron chi connectivity index (χ4n) is 4.36. The number of hydrogen-bond donors (Lipinski definition) is 0. The summed E-state index contributed by atoms with van der Waals surface area (Å²) in [6, 6.07) is 0. The molecule has 0 aromatic carbocycles. The number of unbranched alkanes of at least 4 members (excludes halogenated alkanes) is 5. The standard InChI is InChI=1S/C57H28N2O8.CH4/c1-2-3-4-5-6-7-8-9-10-11-12-13-14-15-16-17-18-19-20-21-22-23-24-25-26-27-28-29-30-31-32-33-39-44-57(67-56(65)43-38-36-41-50-59-53(62)47-48-54(59)63)66-55(64)42-37-34-35-40-49-58-51(60)45-46-52(58)61;/h45-48H,1,34-38,40-43,49-50H2;1H4. The van der Waals surface area contributed by atoms with E-state index in [0.29, 0.717) is 44.9 Å². The lowest BCUT2D eigenvalue weighted by molar-refractivity contribution is -0.154. The van der Waals surface area contributed by atoms with Gasteiger partial charge in [0.15, 0.2) is 0 Å². The van der Waals surface area contributed by atoms with Gasteiger partial charge in [-0.3, -0.25) is 38.6 Å². The maximum atomic E-state index is 12.5. The molecule has 0 aromatic heterocycles. The molecule has 0 aromatic rings. The molecule has 68 heavy (non-hydrogen) atoms. The van der Waals surface area contributed by atoms with Gasteiger partial charge in [-0.2, -0.15) is 0 Å². The van der Waals surface area contributed by atoms with Crippen molar-refractivity contribution >= 4 is 35.6 Å². The quantitative estimate of drug-likeness (QED) is 0.0536. The highest BCUT2D eigenvalue weighted by molar-refractivity contribution is 6.13. The molecule has 0 bridgehead atoms. The summed E-state index contributed by atoms with van der Waals surface area (Å²) in [6.07, 6.45) is 8.48. The van der Waals surface area contributed by atoms with Crippen molar-refractivity contribution in [3.8, 4) is 0 Å². The Morgan fingerprint density at radius 3 is 0.882 bits per heavy atom. The molecule has 4 amide bonds. The molecular weight excluding hydrogens is 853 g/mol. The highest BCUT2D eigenvalue weighted by Crippen LogP contribution is 2.12. The van der Waals surface area contributed by atoms with Crippen molar-refractivity contribution in [3.63, 3.8) is 0 Å². The lowest BCUT2D eigenvalue weighted by Crippen LogP contribution is -2.30. The first-order chi connectivity index (χ1) is 32.8. The molecule has 0 aliphatic carbocycles. The molecule has 0 radical (unpaired) electrons. The van der Waals surface area contributed by atoms with Gasteiger partial charge in [-0.15, -0.1) is 0 Å². The molecule has 0 saturated carbocycles. The van der Waals surface area contributed by atoms with Crippen molar-refractivity contribution in [2.45, 2.75) is 65.2 Å². The van der Waals surface area contributed by atoms with E-state index in [1.54, 1.807) is 0 Å². The van der Waals surface area contributed by atoms with E-state index < -0.39 is 17.9 Å². The first-order valence-electron chi connectivity index (χ1n) is 19.5. The minimum atomic E-state index is -0.712. The zero-order chi connectivity index (χ0) is 48.3. The SMILES string of the molecule is C.C=C=C=C=C=C=C=C=C=C=C=C=C=C=C=C=C=C=C=C=C=C=C=C=C=C=C=C=C=C=C=C=C=C=C=C(OC(=O)CCCCCCN1C(=O)C=CC1=O)OC(=O)CCCCCN1C(=O)C=CC1=O. The second kappa shape index (κ2) is 37.7. The summed E-state index contributed by atoms with van der Waals surface area (Å²) >= 11 is 0. The minimum absolute atomic E-state index is 0. The molecule has 0 atom stereocenters. The normalized spacial score (nSPS) is 9.29. The van der Waals surface area contributed by atoms with Gasteiger partial charge < -0.3 is 9.47 Å². The Labute approximate surface area is 392 Å². The molecule has 0 unspecified atom stereocenters. The van der Waals surface area contributed by atoms with Crippen LogP contribution < -0.4 is 0 Å². The van der Waals surface area contributed by atoms with Gasteiger partial charge >= 0.3 is 17.9 Å². The average molecular weight is 885 g/mol. The highest BCUT2D eigenvalue weighted by atomic mass is 16.7. The van der Waals surface area contributed by atoms with Crippen LogP contribution in [0.5, 0.6) is 0 Å². The molecule has 2 aliphatic heterocycles. The van der Waals surface area contributed by atoms with Crippen LogP contribution in [-0.4, -0.2) is 58.5 Å². The number of imide groups is 2. The van der Waals surface area contributed by atoms with E-state index in [4.69, 9.17) is 9.47 Å². The van der Waals surface area contributed by atoms with Crippen LogP contribution in [0.4, 0.5) is 0 Å². The number of ether oxygens (including phenoxy) is 2. The van der Waals surface area contributed by atoms with Gasteiger partial charge in [-0.1, -0.05) is 32.4 Å². The van der Waals surface area contributed by atoms with E-state index in [2.05, 4.69) is 201 Å². The Morgan fingerprint density at radius 2 is 0.603 bits per heavy atom. The van der Waals surface area contributed by atoms with Crippen molar-refractivity contribution in [2.24, 2.45) is 0 Å². The summed E-state index contributed by atoms with van der Waals surface area (Å²) in [4.78, 5) is 74.0. The Balaban J connectivity index is 0.0000231. The Hall–Kier alpha value is -11.0. The molecular formula is C58H32N2O8. The van der Waals surface area contributed by atoms with E-state index >= 15 is 0 Å². The van der Waals surface area contributed by atoms with Crippen LogP contribution in [0.25, 0.3) is 0 Å². The molecule has 0 fully saturated rings. The molecule has 2 heterocycles. The van der Waals surface area contributed by atoms with Crippen molar-refractivity contribution < 1.29 is 38.2 Å². The zero-order valence-corrected chi connectivity index (χ0v) is 35.5. The Kier molecular flexibility index (Phi) is 30.5. The first kappa shape index (κ1) is 55.0. The third-order valence-corrected chi connectivity index (χ3v) is 7.18. The van der Waals surface area contributed by atoms with Crippen LogP contribution in [0.15, 0.2) is 232 Å². The third-order valence-electron chi connectivity index (χ3n) is 7.18. The van der Waals surface area contributed by atoms with Crippen LogP contribution >= 0.6 is 0 Å². The summed E-state index contributed by atoms with van der Waals surface area (Å²) in [5, 5.41) is 0. The number of esters is 2. The number of amides is 4. The van der Waals surface area contributed by atoms with Crippen LogP contribution in [0.1, 0.15) is 65.2 Å². The predicted octanol–water partition coefficient (Wildman–Crippen LogP) is 7.81. The number of carbonyl (C=O) groups is 6. The Bertz CT molecular complexity index is 3520. The summed E-state index contributed by atoms with van der Waals surface area (Å²) < 4.78 is 10.4. The molecule has 10 nitrogen and oxygen atoms in total. The number of carbonyl (C=O) groups excluding carboxylic acids is 6. The zero-order valence-electron chi connectivity index (χ0n) is 35.5. The molecule has 0 spiro atoms. The minimum Gasteiger partial charge on any atom is -0.386 e. The van der Waals surface area contributed by atoms with E-state index in [-0.39, 0.29) is 57.0 Å². The van der Waals surface area contributed by atoms with Gasteiger partial charge in [0.1, 0.15) is 0 Å². The van der Waals surface area contributed by atoms with Crippen LogP contribution in [0, 0.1) is 0 Å². The topological polar surface area (TPSA) is 127 Å². The maximum Gasteiger partial charge on any atom is 0.352 e. The van der Waals surface area contributed by atoms with E-state index in [1.807, 2.05) is 0 Å². The van der Waals surface area contributed by atoms with E-state index in [9.17, 15) is 28.8 Å².